The highest BCUT2D eigenvalue weighted by molar-refractivity contribution is 5.94. The molecule has 0 saturated heterocycles. The van der Waals surface area contributed by atoms with Crippen molar-refractivity contribution in [1.82, 2.24) is 5.32 Å². The van der Waals surface area contributed by atoms with Gasteiger partial charge < -0.3 is 15.4 Å². The molecule has 0 spiro atoms. The Morgan fingerprint density at radius 3 is 2.54 bits per heavy atom. The molecule has 122 valence electrons. The number of rotatable bonds is 4. The Hall–Kier alpha value is -3.26. The number of ether oxygens (including phenoxy) is 1. The quantitative estimate of drug-likeness (QED) is 0.671. The number of anilines is 1. The molecule has 24 heavy (non-hydrogen) atoms. The second kappa shape index (κ2) is 8.39. The third-order valence-electron chi connectivity index (χ3n) is 3.19. The molecular weight excluding hydrogens is 304 g/mol. The van der Waals surface area contributed by atoms with Gasteiger partial charge >= 0.3 is 6.03 Å². The first-order chi connectivity index (χ1) is 11.6. The molecule has 2 aromatic rings. The molecule has 0 aliphatic heterocycles. The van der Waals surface area contributed by atoms with Crippen LogP contribution in [0.4, 0.5) is 10.5 Å². The van der Waals surface area contributed by atoms with Gasteiger partial charge in [-0.3, -0.25) is 4.79 Å². The van der Waals surface area contributed by atoms with Gasteiger partial charge in [-0.2, -0.15) is 0 Å². The minimum Gasteiger partial charge on any atom is -0.497 e. The fourth-order valence-electron chi connectivity index (χ4n) is 1.94. The van der Waals surface area contributed by atoms with Gasteiger partial charge in [0.25, 0.3) is 0 Å². The Kier molecular flexibility index (Phi) is 5.98. The third-order valence-corrected chi connectivity index (χ3v) is 3.19. The first kappa shape index (κ1) is 17.1. The number of carbonyl (C=O) groups excluding carboxylic acids is 2. The van der Waals surface area contributed by atoms with Gasteiger partial charge in [0, 0.05) is 22.9 Å². The maximum atomic E-state index is 11.8. The lowest BCUT2D eigenvalue weighted by atomic mass is 10.1. The standard InChI is InChI=1S/C19H18N2O3/c1-14(22)16-10-8-15(9-11-16)5-4-12-20-19(23)21-17-6-3-7-18(13-17)24-2/h3,6-11,13H,12H2,1-2H3,(H2,20,21,23). The van der Waals surface area contributed by atoms with Gasteiger partial charge in [0.1, 0.15) is 5.75 Å². The van der Waals surface area contributed by atoms with Crippen LogP contribution in [0.15, 0.2) is 48.5 Å². The van der Waals surface area contributed by atoms with Gasteiger partial charge in [-0.05, 0) is 31.2 Å². The molecule has 0 bridgehead atoms. The molecule has 5 nitrogen and oxygen atoms in total. The van der Waals surface area contributed by atoms with Crippen LogP contribution in [-0.2, 0) is 0 Å². The van der Waals surface area contributed by atoms with Crippen molar-refractivity contribution in [3.05, 3.63) is 59.7 Å². The van der Waals surface area contributed by atoms with Crippen molar-refractivity contribution in [1.29, 1.82) is 0 Å². The summed E-state index contributed by atoms with van der Waals surface area (Å²) in [6, 6.07) is 13.8. The van der Waals surface area contributed by atoms with Gasteiger partial charge in [0.2, 0.25) is 0 Å². The summed E-state index contributed by atoms with van der Waals surface area (Å²) in [5.74, 6) is 6.47. The fraction of sp³-hybridized carbons (Fsp3) is 0.158. The molecule has 0 fully saturated rings. The van der Waals surface area contributed by atoms with Gasteiger partial charge in [-0.25, -0.2) is 4.79 Å². The maximum absolute atomic E-state index is 11.8. The van der Waals surface area contributed by atoms with Crippen molar-refractivity contribution in [2.24, 2.45) is 0 Å². The lowest BCUT2D eigenvalue weighted by Gasteiger charge is -2.06. The Morgan fingerprint density at radius 1 is 1.12 bits per heavy atom. The molecule has 0 unspecified atom stereocenters. The molecule has 0 atom stereocenters. The van der Waals surface area contributed by atoms with Gasteiger partial charge in [-0.1, -0.05) is 30.0 Å². The Morgan fingerprint density at radius 2 is 1.88 bits per heavy atom. The van der Waals surface area contributed by atoms with Crippen LogP contribution >= 0.6 is 0 Å². The summed E-state index contributed by atoms with van der Waals surface area (Å²) in [6.45, 7) is 1.73. The van der Waals surface area contributed by atoms with E-state index in [2.05, 4.69) is 22.5 Å². The van der Waals surface area contributed by atoms with Crippen LogP contribution in [0.3, 0.4) is 0 Å². The van der Waals surface area contributed by atoms with Gasteiger partial charge in [-0.15, -0.1) is 0 Å². The molecule has 0 heterocycles. The monoisotopic (exact) mass is 322 g/mol. The van der Waals surface area contributed by atoms with Crippen molar-refractivity contribution in [2.45, 2.75) is 6.92 Å². The molecule has 2 rings (SSSR count). The average Bonchev–Trinajstić information content (AvgIpc) is 2.59. The molecule has 0 aromatic heterocycles. The summed E-state index contributed by atoms with van der Waals surface area (Å²) >= 11 is 0. The zero-order chi connectivity index (χ0) is 17.4. The molecule has 2 N–H and O–H groups in total. The Balaban J connectivity index is 1.83. The van der Waals surface area contributed by atoms with Gasteiger partial charge in [0.05, 0.1) is 13.7 Å². The van der Waals surface area contributed by atoms with E-state index < -0.39 is 0 Å². The largest absolute Gasteiger partial charge is 0.497 e. The van der Waals surface area contributed by atoms with Crippen molar-refractivity contribution in [3.63, 3.8) is 0 Å². The number of ketones is 1. The van der Waals surface area contributed by atoms with Crippen LogP contribution in [-0.4, -0.2) is 25.5 Å². The zero-order valence-electron chi connectivity index (χ0n) is 13.6. The van der Waals surface area contributed by atoms with E-state index in [0.29, 0.717) is 17.0 Å². The van der Waals surface area contributed by atoms with E-state index in [1.54, 1.807) is 55.6 Å². The van der Waals surface area contributed by atoms with Crippen LogP contribution in [0, 0.1) is 11.8 Å². The first-order valence-electron chi connectivity index (χ1n) is 7.37. The highest BCUT2D eigenvalue weighted by atomic mass is 16.5. The van der Waals surface area contributed by atoms with Crippen LogP contribution in [0.2, 0.25) is 0 Å². The van der Waals surface area contributed by atoms with Crippen molar-refractivity contribution >= 4 is 17.5 Å². The average molecular weight is 322 g/mol. The van der Waals surface area contributed by atoms with Crippen LogP contribution in [0.5, 0.6) is 5.75 Å². The van der Waals surface area contributed by atoms with Crippen LogP contribution in [0.1, 0.15) is 22.8 Å². The normalized spacial score (nSPS) is 9.42. The molecule has 2 amide bonds. The molecule has 0 radical (unpaired) electrons. The van der Waals surface area contributed by atoms with Crippen LogP contribution < -0.4 is 15.4 Å². The number of nitrogens with one attached hydrogen (secondary N) is 2. The van der Waals surface area contributed by atoms with E-state index in [0.717, 1.165) is 5.56 Å². The number of benzene rings is 2. The summed E-state index contributed by atoms with van der Waals surface area (Å²) in [5, 5.41) is 5.35. The predicted octanol–water partition coefficient (Wildman–Crippen LogP) is 3.07. The van der Waals surface area contributed by atoms with E-state index in [9.17, 15) is 9.59 Å². The molecule has 0 saturated carbocycles. The van der Waals surface area contributed by atoms with E-state index in [1.807, 2.05) is 0 Å². The topological polar surface area (TPSA) is 67.4 Å². The van der Waals surface area contributed by atoms with E-state index >= 15 is 0 Å². The number of urea groups is 1. The number of carbonyl (C=O) groups is 2. The number of Topliss-reactive ketones (excluding diaryl/α,β-unsaturated/α-hetero) is 1. The highest BCUT2D eigenvalue weighted by Crippen LogP contribution is 2.16. The molecule has 0 aliphatic rings. The second-order valence-electron chi connectivity index (χ2n) is 4.97. The Labute approximate surface area is 141 Å². The summed E-state index contributed by atoms with van der Waals surface area (Å²) in [5.41, 5.74) is 2.07. The highest BCUT2D eigenvalue weighted by Gasteiger charge is 2.01. The Bertz CT molecular complexity index is 786. The summed E-state index contributed by atoms with van der Waals surface area (Å²) in [6.07, 6.45) is 0. The second-order valence-corrected chi connectivity index (χ2v) is 4.97. The molecular formula is C19H18N2O3. The summed E-state index contributed by atoms with van der Waals surface area (Å²) in [7, 11) is 1.57. The van der Waals surface area contributed by atoms with Crippen molar-refractivity contribution in [3.8, 4) is 17.6 Å². The number of hydrogen-bond acceptors (Lipinski definition) is 3. The molecule has 5 heteroatoms. The minimum absolute atomic E-state index is 0.0189. The maximum Gasteiger partial charge on any atom is 0.319 e. The van der Waals surface area contributed by atoms with Gasteiger partial charge in [0.15, 0.2) is 5.78 Å². The smallest absolute Gasteiger partial charge is 0.319 e. The lowest BCUT2D eigenvalue weighted by molar-refractivity contribution is 0.101. The zero-order valence-corrected chi connectivity index (χ0v) is 13.6. The summed E-state index contributed by atoms with van der Waals surface area (Å²) in [4.78, 5) is 23.0. The molecule has 2 aromatic carbocycles. The lowest BCUT2D eigenvalue weighted by Crippen LogP contribution is -2.28. The number of amides is 2. The SMILES string of the molecule is COc1cccc(NC(=O)NCC#Cc2ccc(C(C)=O)cc2)c1. The van der Waals surface area contributed by atoms with E-state index in [-0.39, 0.29) is 18.4 Å². The van der Waals surface area contributed by atoms with Crippen molar-refractivity contribution in [2.75, 3.05) is 19.0 Å². The fourth-order valence-corrected chi connectivity index (χ4v) is 1.94. The van der Waals surface area contributed by atoms with Crippen LogP contribution in [0.25, 0.3) is 0 Å². The summed E-state index contributed by atoms with van der Waals surface area (Å²) < 4.78 is 5.09. The minimum atomic E-state index is -0.343. The predicted molar refractivity (Wildman–Crippen MR) is 93.3 cm³/mol. The third kappa shape index (κ3) is 5.18. The number of hydrogen-bond donors (Lipinski definition) is 2. The number of methoxy groups -OCH3 is 1. The van der Waals surface area contributed by atoms with E-state index in [1.165, 1.54) is 6.92 Å². The van der Waals surface area contributed by atoms with E-state index in [4.69, 9.17) is 4.74 Å². The first-order valence-corrected chi connectivity index (χ1v) is 7.37. The van der Waals surface area contributed by atoms with Crippen molar-refractivity contribution < 1.29 is 14.3 Å². The molecule has 0 aliphatic carbocycles.